The van der Waals surface area contributed by atoms with Crippen molar-refractivity contribution in [2.75, 3.05) is 12.0 Å². The Bertz CT molecular complexity index is 887. The normalized spacial score (nSPS) is 14.7. The fourth-order valence-corrected chi connectivity index (χ4v) is 4.10. The molecule has 29 heavy (non-hydrogen) atoms. The highest BCUT2D eigenvalue weighted by Gasteiger charge is 2.27. The molecule has 152 valence electrons. The van der Waals surface area contributed by atoms with Crippen molar-refractivity contribution in [2.24, 2.45) is 5.92 Å². The van der Waals surface area contributed by atoms with Gasteiger partial charge in [0.25, 0.3) is 0 Å². The van der Waals surface area contributed by atoms with Crippen molar-refractivity contribution < 1.29 is 14.3 Å². The summed E-state index contributed by atoms with van der Waals surface area (Å²) in [5.41, 5.74) is 2.75. The first-order valence-corrected chi connectivity index (χ1v) is 10.8. The van der Waals surface area contributed by atoms with E-state index in [2.05, 4.69) is 20.7 Å². The highest BCUT2D eigenvalue weighted by molar-refractivity contribution is 9.10. The second-order valence-corrected chi connectivity index (χ2v) is 8.16. The van der Waals surface area contributed by atoms with Crippen LogP contribution in [-0.4, -0.2) is 19.0 Å². The number of hydrogen-bond acceptors (Lipinski definition) is 3. The predicted octanol–water partition coefficient (Wildman–Crippen LogP) is 5.75. The summed E-state index contributed by atoms with van der Waals surface area (Å²) in [6.45, 7) is 0.501. The molecule has 0 N–H and O–H groups in total. The highest BCUT2D eigenvalue weighted by Crippen LogP contribution is 2.30. The number of amides is 1. The quantitative estimate of drug-likeness (QED) is 0.411. The van der Waals surface area contributed by atoms with Gasteiger partial charge in [-0.05, 0) is 48.2 Å². The van der Waals surface area contributed by atoms with Gasteiger partial charge in [0, 0.05) is 22.2 Å². The third kappa shape index (κ3) is 5.80. The number of carbonyl (C=O) groups excluding carboxylic acids is 2. The van der Waals surface area contributed by atoms with Gasteiger partial charge in [0.05, 0.1) is 13.7 Å². The molecule has 2 aromatic carbocycles. The minimum Gasteiger partial charge on any atom is -0.466 e. The third-order valence-electron chi connectivity index (χ3n) is 5.30. The zero-order chi connectivity index (χ0) is 20.6. The Morgan fingerprint density at radius 3 is 2.59 bits per heavy atom. The van der Waals surface area contributed by atoms with E-state index in [4.69, 9.17) is 0 Å². The number of benzene rings is 2. The molecule has 1 saturated carbocycles. The van der Waals surface area contributed by atoms with E-state index in [-0.39, 0.29) is 11.8 Å². The number of halogens is 1. The molecule has 0 bridgehead atoms. The smallest absolute Gasteiger partial charge is 0.330 e. The Morgan fingerprint density at radius 1 is 1.10 bits per heavy atom. The monoisotopic (exact) mass is 455 g/mol. The molecule has 1 aliphatic rings. The van der Waals surface area contributed by atoms with Crippen LogP contribution in [0, 0.1) is 5.92 Å². The molecule has 0 aromatic heterocycles. The van der Waals surface area contributed by atoms with Gasteiger partial charge in [0.15, 0.2) is 0 Å². The standard InChI is InChI=1S/C24H26BrNO3/c1-29-23(27)15-14-18-8-7-12-21(16-18)26(17-20-11-5-6-13-22(20)25)24(28)19-9-3-2-4-10-19/h5-8,11-16,19H,2-4,9-10,17H2,1H3. The van der Waals surface area contributed by atoms with Crippen LogP contribution in [0.2, 0.25) is 0 Å². The SMILES string of the molecule is COC(=O)C=Cc1cccc(N(Cc2ccccc2Br)C(=O)C2CCCCC2)c1. The maximum atomic E-state index is 13.5. The van der Waals surface area contributed by atoms with Crippen molar-refractivity contribution in [3.63, 3.8) is 0 Å². The summed E-state index contributed by atoms with van der Waals surface area (Å²) in [5.74, 6) is -0.159. The summed E-state index contributed by atoms with van der Waals surface area (Å²) < 4.78 is 5.65. The van der Waals surface area contributed by atoms with Crippen LogP contribution < -0.4 is 4.90 Å². The Balaban J connectivity index is 1.91. The van der Waals surface area contributed by atoms with Gasteiger partial charge in [0.2, 0.25) is 5.91 Å². The fraction of sp³-hybridized carbons (Fsp3) is 0.333. The van der Waals surface area contributed by atoms with Crippen molar-refractivity contribution >= 4 is 39.6 Å². The van der Waals surface area contributed by atoms with E-state index in [1.807, 2.05) is 53.4 Å². The molecule has 0 aliphatic heterocycles. The molecule has 0 unspecified atom stereocenters. The average Bonchev–Trinajstić information content (AvgIpc) is 2.77. The average molecular weight is 456 g/mol. The van der Waals surface area contributed by atoms with Crippen molar-refractivity contribution in [2.45, 2.75) is 38.6 Å². The van der Waals surface area contributed by atoms with E-state index in [9.17, 15) is 9.59 Å². The van der Waals surface area contributed by atoms with Gasteiger partial charge in [-0.3, -0.25) is 4.79 Å². The fourth-order valence-electron chi connectivity index (χ4n) is 3.69. The summed E-state index contributed by atoms with van der Waals surface area (Å²) in [6.07, 6.45) is 8.43. The summed E-state index contributed by atoms with van der Waals surface area (Å²) in [7, 11) is 1.35. The van der Waals surface area contributed by atoms with E-state index < -0.39 is 5.97 Å². The van der Waals surface area contributed by atoms with Crippen molar-refractivity contribution in [1.82, 2.24) is 0 Å². The topological polar surface area (TPSA) is 46.6 Å². The van der Waals surface area contributed by atoms with Crippen molar-refractivity contribution in [1.29, 1.82) is 0 Å². The first kappa shape index (κ1) is 21.3. The Labute approximate surface area is 180 Å². The van der Waals surface area contributed by atoms with E-state index in [1.54, 1.807) is 6.08 Å². The van der Waals surface area contributed by atoms with Gasteiger partial charge in [-0.1, -0.05) is 65.5 Å². The number of carbonyl (C=O) groups is 2. The van der Waals surface area contributed by atoms with Crippen molar-refractivity contribution in [3.05, 3.63) is 70.2 Å². The summed E-state index contributed by atoms with van der Waals surface area (Å²) in [5, 5.41) is 0. The van der Waals surface area contributed by atoms with Gasteiger partial charge in [-0.2, -0.15) is 0 Å². The van der Waals surface area contributed by atoms with Crippen LogP contribution in [0.25, 0.3) is 6.08 Å². The minimum atomic E-state index is -0.404. The highest BCUT2D eigenvalue weighted by atomic mass is 79.9. The van der Waals surface area contributed by atoms with Crippen LogP contribution in [0.15, 0.2) is 59.1 Å². The van der Waals surface area contributed by atoms with Gasteiger partial charge in [0.1, 0.15) is 0 Å². The van der Waals surface area contributed by atoms with Crippen LogP contribution in [0.1, 0.15) is 43.2 Å². The van der Waals surface area contributed by atoms with E-state index in [1.165, 1.54) is 19.6 Å². The molecule has 0 radical (unpaired) electrons. The van der Waals surface area contributed by atoms with Crippen LogP contribution in [0.5, 0.6) is 0 Å². The molecule has 4 nitrogen and oxygen atoms in total. The number of rotatable bonds is 6. The molecule has 5 heteroatoms. The Morgan fingerprint density at radius 2 is 1.86 bits per heavy atom. The third-order valence-corrected chi connectivity index (χ3v) is 6.08. The lowest BCUT2D eigenvalue weighted by atomic mass is 9.88. The van der Waals surface area contributed by atoms with E-state index in [0.29, 0.717) is 6.54 Å². The van der Waals surface area contributed by atoms with E-state index >= 15 is 0 Å². The molecule has 1 amide bonds. The predicted molar refractivity (Wildman–Crippen MR) is 119 cm³/mol. The van der Waals surface area contributed by atoms with Gasteiger partial charge < -0.3 is 9.64 Å². The molecule has 3 rings (SSSR count). The number of nitrogens with zero attached hydrogens (tertiary/aromatic N) is 1. The molecule has 0 atom stereocenters. The zero-order valence-corrected chi connectivity index (χ0v) is 18.2. The Hall–Kier alpha value is -2.40. The largest absolute Gasteiger partial charge is 0.466 e. The maximum absolute atomic E-state index is 13.5. The number of ether oxygens (including phenoxy) is 1. The molecule has 1 aliphatic carbocycles. The van der Waals surface area contributed by atoms with Crippen LogP contribution in [-0.2, 0) is 20.9 Å². The first-order chi connectivity index (χ1) is 14.1. The molecule has 0 heterocycles. The molecular weight excluding hydrogens is 430 g/mol. The number of hydrogen-bond donors (Lipinski definition) is 0. The van der Waals surface area contributed by atoms with Gasteiger partial charge in [-0.25, -0.2) is 4.79 Å². The van der Waals surface area contributed by atoms with E-state index in [0.717, 1.165) is 47.0 Å². The van der Waals surface area contributed by atoms with Crippen LogP contribution in [0.3, 0.4) is 0 Å². The van der Waals surface area contributed by atoms with Crippen LogP contribution in [0.4, 0.5) is 5.69 Å². The van der Waals surface area contributed by atoms with Crippen LogP contribution >= 0.6 is 15.9 Å². The second-order valence-electron chi connectivity index (χ2n) is 7.30. The number of methoxy groups -OCH3 is 1. The molecule has 0 saturated heterocycles. The Kier molecular flexibility index (Phi) is 7.64. The van der Waals surface area contributed by atoms with Gasteiger partial charge >= 0.3 is 5.97 Å². The molecule has 1 fully saturated rings. The maximum Gasteiger partial charge on any atom is 0.330 e. The molecule has 0 spiro atoms. The molecular formula is C24H26BrNO3. The summed E-state index contributed by atoms with van der Waals surface area (Å²) in [6, 6.07) is 15.7. The lowest BCUT2D eigenvalue weighted by Crippen LogP contribution is -2.36. The lowest BCUT2D eigenvalue weighted by Gasteiger charge is -2.30. The summed E-state index contributed by atoms with van der Waals surface area (Å²) in [4.78, 5) is 26.8. The van der Waals surface area contributed by atoms with Crippen molar-refractivity contribution in [3.8, 4) is 0 Å². The lowest BCUT2D eigenvalue weighted by molar-refractivity contribution is -0.134. The number of anilines is 1. The molecule has 2 aromatic rings. The van der Waals surface area contributed by atoms with Gasteiger partial charge in [-0.15, -0.1) is 0 Å². The summed E-state index contributed by atoms with van der Waals surface area (Å²) >= 11 is 3.61. The minimum absolute atomic E-state index is 0.0699. The second kappa shape index (κ2) is 10.4. The zero-order valence-electron chi connectivity index (χ0n) is 16.6. The number of esters is 1. The first-order valence-electron chi connectivity index (χ1n) is 9.99.